The zero-order chi connectivity index (χ0) is 19.7. The van der Waals surface area contributed by atoms with Crippen LogP contribution in [0.25, 0.3) is 0 Å². The van der Waals surface area contributed by atoms with Gasteiger partial charge in [-0.15, -0.1) is 0 Å². The fraction of sp³-hybridized carbons (Fsp3) is 0.700. The Kier molecular flexibility index (Phi) is 8.16. The molecule has 1 amide bonds. The summed E-state index contributed by atoms with van der Waals surface area (Å²) in [5.74, 6) is 1.62. The van der Waals surface area contributed by atoms with Crippen LogP contribution in [-0.2, 0) is 11.2 Å². The predicted octanol–water partition coefficient (Wildman–Crippen LogP) is 1.57. The van der Waals surface area contributed by atoms with E-state index in [1.807, 2.05) is 12.1 Å². The molecule has 152 valence electrons. The highest BCUT2D eigenvalue weighted by Gasteiger charge is 2.34. The van der Waals surface area contributed by atoms with Gasteiger partial charge in [-0.25, -0.2) is 4.99 Å². The van der Waals surface area contributed by atoms with Crippen molar-refractivity contribution in [1.29, 1.82) is 0 Å². The summed E-state index contributed by atoms with van der Waals surface area (Å²) in [6, 6.07) is 3.86. The number of hydrogen-bond donors (Lipinski definition) is 2. The fourth-order valence-corrected chi connectivity index (χ4v) is 3.68. The van der Waals surface area contributed by atoms with Crippen LogP contribution in [0, 0.1) is 5.41 Å². The molecule has 1 saturated carbocycles. The number of carbonyl (C=O) groups excluding carboxylic acids is 1. The van der Waals surface area contributed by atoms with Gasteiger partial charge in [0.2, 0.25) is 5.91 Å². The van der Waals surface area contributed by atoms with Crippen molar-refractivity contribution in [3.8, 4) is 0 Å². The fourth-order valence-electron chi connectivity index (χ4n) is 3.68. The van der Waals surface area contributed by atoms with Crippen molar-refractivity contribution in [2.24, 2.45) is 10.4 Å². The lowest BCUT2D eigenvalue weighted by Gasteiger charge is -2.33. The average Bonchev–Trinajstić information content (AvgIpc) is 3.28. The maximum absolute atomic E-state index is 11.9. The quantitative estimate of drug-likeness (QED) is 0.505. The third-order valence-electron chi connectivity index (χ3n) is 5.06. The molecule has 0 aromatic carbocycles. The van der Waals surface area contributed by atoms with Gasteiger partial charge >= 0.3 is 0 Å². The molecule has 1 aromatic heterocycles. The van der Waals surface area contributed by atoms with Crippen molar-refractivity contribution in [3.05, 3.63) is 24.2 Å². The summed E-state index contributed by atoms with van der Waals surface area (Å²) in [5, 5.41) is 6.83. The third-order valence-corrected chi connectivity index (χ3v) is 5.06. The molecule has 1 aliphatic carbocycles. The smallest absolute Gasteiger partial charge is 0.243 e. The van der Waals surface area contributed by atoms with Gasteiger partial charge < -0.3 is 24.9 Å². The number of rotatable bonds is 9. The molecule has 0 saturated heterocycles. The summed E-state index contributed by atoms with van der Waals surface area (Å²) in [6.45, 7) is 2.78. The summed E-state index contributed by atoms with van der Waals surface area (Å²) in [4.78, 5) is 20.2. The predicted molar refractivity (Wildman–Crippen MR) is 109 cm³/mol. The molecule has 0 atom stereocenters. The molecule has 2 N–H and O–H groups in total. The lowest BCUT2D eigenvalue weighted by molar-refractivity contribution is -0.127. The lowest BCUT2D eigenvalue weighted by Crippen LogP contribution is -2.47. The van der Waals surface area contributed by atoms with Gasteiger partial charge in [0.1, 0.15) is 12.3 Å². The number of nitrogens with zero attached hydrogens (tertiary/aromatic N) is 3. The van der Waals surface area contributed by atoms with Crippen LogP contribution in [0.3, 0.4) is 0 Å². The van der Waals surface area contributed by atoms with Crippen LogP contribution >= 0.6 is 0 Å². The van der Waals surface area contributed by atoms with E-state index in [0.29, 0.717) is 12.5 Å². The number of amides is 1. The number of furan rings is 1. The lowest BCUT2D eigenvalue weighted by atomic mass is 9.85. The van der Waals surface area contributed by atoms with Crippen LogP contribution in [0.1, 0.15) is 31.4 Å². The van der Waals surface area contributed by atoms with Crippen LogP contribution in [0.2, 0.25) is 0 Å². The summed E-state index contributed by atoms with van der Waals surface area (Å²) in [6.07, 6.45) is 7.49. The molecule has 7 heteroatoms. The second-order valence-electron chi connectivity index (χ2n) is 8.01. The molecule has 0 aliphatic heterocycles. The molecule has 0 radical (unpaired) electrons. The van der Waals surface area contributed by atoms with Crippen molar-refractivity contribution >= 4 is 11.9 Å². The van der Waals surface area contributed by atoms with Gasteiger partial charge in [-0.2, -0.15) is 0 Å². The highest BCUT2D eigenvalue weighted by molar-refractivity contribution is 5.84. The van der Waals surface area contributed by atoms with Gasteiger partial charge in [0.05, 0.1) is 6.26 Å². The average molecular weight is 378 g/mol. The third kappa shape index (κ3) is 7.25. The molecule has 7 nitrogen and oxygen atoms in total. The van der Waals surface area contributed by atoms with Gasteiger partial charge in [-0.1, -0.05) is 12.8 Å². The van der Waals surface area contributed by atoms with Crippen LogP contribution < -0.4 is 10.6 Å². The van der Waals surface area contributed by atoms with Gasteiger partial charge in [0.25, 0.3) is 0 Å². The van der Waals surface area contributed by atoms with E-state index >= 15 is 0 Å². The second kappa shape index (κ2) is 10.3. The van der Waals surface area contributed by atoms with E-state index in [2.05, 4.69) is 34.6 Å². The zero-order valence-electron chi connectivity index (χ0n) is 17.3. The first-order chi connectivity index (χ1) is 12.9. The molecule has 1 aromatic rings. The minimum Gasteiger partial charge on any atom is -0.469 e. The largest absolute Gasteiger partial charge is 0.469 e. The van der Waals surface area contributed by atoms with E-state index in [1.54, 1.807) is 25.3 Å². The van der Waals surface area contributed by atoms with E-state index in [9.17, 15) is 4.79 Å². The number of guanidine groups is 1. The van der Waals surface area contributed by atoms with Crippen LogP contribution in [0.15, 0.2) is 27.8 Å². The molecule has 0 unspecified atom stereocenters. The number of nitrogens with one attached hydrogen (secondary N) is 2. The first-order valence-electron chi connectivity index (χ1n) is 9.80. The molecule has 2 rings (SSSR count). The summed E-state index contributed by atoms with van der Waals surface area (Å²) in [7, 11) is 7.76. The van der Waals surface area contributed by atoms with E-state index in [4.69, 9.17) is 4.42 Å². The number of likely N-dealkylation sites (N-methyl/N-ethyl adjacent to an activating group) is 1. The monoisotopic (exact) mass is 377 g/mol. The van der Waals surface area contributed by atoms with Crippen LogP contribution in [0.4, 0.5) is 0 Å². The Hall–Kier alpha value is -2.02. The van der Waals surface area contributed by atoms with Crippen LogP contribution in [0.5, 0.6) is 0 Å². The topological polar surface area (TPSA) is 73.1 Å². The van der Waals surface area contributed by atoms with Crippen molar-refractivity contribution < 1.29 is 9.21 Å². The van der Waals surface area contributed by atoms with Crippen molar-refractivity contribution in [2.75, 3.05) is 54.4 Å². The molecule has 0 spiro atoms. The number of hydrogen-bond acceptors (Lipinski definition) is 4. The van der Waals surface area contributed by atoms with Gasteiger partial charge in [-0.3, -0.25) is 4.79 Å². The Balaban J connectivity index is 1.94. The van der Waals surface area contributed by atoms with E-state index < -0.39 is 0 Å². The summed E-state index contributed by atoms with van der Waals surface area (Å²) < 4.78 is 5.38. The Morgan fingerprint density at radius 3 is 2.56 bits per heavy atom. The molecule has 1 fully saturated rings. The summed E-state index contributed by atoms with van der Waals surface area (Å²) in [5.41, 5.74) is 0.276. The van der Waals surface area contributed by atoms with Crippen LogP contribution in [-0.4, -0.2) is 76.0 Å². The molecule has 1 aliphatic rings. The van der Waals surface area contributed by atoms with Crippen molar-refractivity contribution in [2.45, 2.75) is 32.1 Å². The minimum absolute atomic E-state index is 0.00833. The Bertz CT molecular complexity index is 590. The summed E-state index contributed by atoms with van der Waals surface area (Å²) >= 11 is 0. The maximum Gasteiger partial charge on any atom is 0.243 e. The first kappa shape index (κ1) is 21.3. The highest BCUT2D eigenvalue weighted by atomic mass is 16.3. The molecule has 1 heterocycles. The zero-order valence-corrected chi connectivity index (χ0v) is 17.3. The normalized spacial score (nSPS) is 16.6. The number of aliphatic imine (C=N–C) groups is 1. The second-order valence-corrected chi connectivity index (χ2v) is 8.01. The van der Waals surface area contributed by atoms with E-state index in [1.165, 1.54) is 25.7 Å². The van der Waals surface area contributed by atoms with Crippen molar-refractivity contribution in [3.63, 3.8) is 0 Å². The minimum atomic E-state index is -0.00833. The molecular formula is C20H35N5O2. The van der Waals surface area contributed by atoms with Gasteiger partial charge in [-0.05, 0) is 39.1 Å². The van der Waals surface area contributed by atoms with Gasteiger partial charge in [0.15, 0.2) is 5.96 Å². The van der Waals surface area contributed by atoms with Crippen molar-refractivity contribution in [1.82, 2.24) is 20.4 Å². The Labute approximate surface area is 163 Å². The molecular weight excluding hydrogens is 342 g/mol. The van der Waals surface area contributed by atoms with E-state index in [-0.39, 0.29) is 17.9 Å². The standard InChI is InChI=1S/C20H35N5O2/c1-24(2)16-20(10-5-6-11-20)15-23-19(22-14-18(26)25(3)4)21-12-9-17-8-7-13-27-17/h7-8,13H,5-6,9-12,14-16H2,1-4H3,(H2,21,22,23). The Morgan fingerprint density at radius 1 is 1.22 bits per heavy atom. The number of carbonyl (C=O) groups is 1. The van der Waals surface area contributed by atoms with Gasteiger partial charge in [0, 0.05) is 45.6 Å². The molecule has 27 heavy (non-hydrogen) atoms. The molecule has 0 bridgehead atoms. The maximum atomic E-state index is 11.9. The highest BCUT2D eigenvalue weighted by Crippen LogP contribution is 2.37. The first-order valence-corrected chi connectivity index (χ1v) is 9.80. The Morgan fingerprint density at radius 2 is 1.96 bits per heavy atom. The SMILES string of the molecule is CN(C)CC1(CNC(=NCC(=O)N(C)C)NCCc2ccco2)CCCC1. The van der Waals surface area contributed by atoms with E-state index in [0.717, 1.165) is 25.3 Å².